The smallest absolute Gasteiger partial charge is 0.236 e. The Bertz CT molecular complexity index is 1960. The Morgan fingerprint density at radius 2 is 1.79 bits per heavy atom. The number of carbonyl (C=O) groups excluding carboxylic acids is 1. The molecule has 0 radical (unpaired) electrons. The van der Waals surface area contributed by atoms with Crippen LogP contribution in [0.25, 0.3) is 28.0 Å². The average molecular weight is 667 g/mol. The fourth-order valence-corrected chi connectivity index (χ4v) is 7.00. The van der Waals surface area contributed by atoms with Crippen LogP contribution in [0.1, 0.15) is 29.6 Å². The highest BCUT2D eigenvalue weighted by molar-refractivity contribution is 7.16. The highest BCUT2D eigenvalue weighted by Gasteiger charge is 2.27. The molecule has 2 fully saturated rings. The lowest BCUT2D eigenvalue weighted by molar-refractivity contribution is -0.131. The van der Waals surface area contributed by atoms with Gasteiger partial charge >= 0.3 is 0 Å². The molecule has 0 saturated carbocycles. The number of hydrogen-bond acceptors (Lipinski definition) is 11. The maximum absolute atomic E-state index is 13.5. The van der Waals surface area contributed by atoms with E-state index in [-0.39, 0.29) is 11.7 Å². The van der Waals surface area contributed by atoms with Gasteiger partial charge < -0.3 is 24.6 Å². The number of hydrogen-bond donors (Lipinski definition) is 2. The Balaban J connectivity index is 1.02. The Labute approximate surface area is 281 Å². The number of rotatable bonds is 9. The second kappa shape index (κ2) is 13.6. The van der Waals surface area contributed by atoms with E-state index in [1.54, 1.807) is 17.0 Å². The van der Waals surface area contributed by atoms with Gasteiger partial charge in [0.1, 0.15) is 28.1 Å². The molecule has 14 heteroatoms. The lowest BCUT2D eigenvalue weighted by Crippen LogP contribution is -2.50. The highest BCUT2D eigenvalue weighted by Crippen LogP contribution is 2.31. The summed E-state index contributed by atoms with van der Waals surface area (Å²) in [6.45, 7) is 6.89. The van der Waals surface area contributed by atoms with Crippen LogP contribution in [0.2, 0.25) is 0 Å². The van der Waals surface area contributed by atoms with E-state index in [0.717, 1.165) is 60.8 Å². The lowest BCUT2D eigenvalue weighted by atomic mass is 10.1. The first-order valence-corrected chi connectivity index (χ1v) is 16.9. The molecule has 1 amide bonds. The standard InChI is InChI=1S/C34H35FN10O2S/c1-2-27-28(18-39-34-41-32(29(15-36)48-34)22-3-6-25(35)7-4-22)45-19-23(5-8-30(45)40-27)24-16-37-33(38-17-24)43-13-11-42(12-14-43)21-31(47)44-10-9-26(46)20-44/h3-8,16-17,19,26,46H,2,9-14,18,20-21H2,1H3,(H,39,41)/t26-/m0/s1. The van der Waals surface area contributed by atoms with E-state index in [9.17, 15) is 19.6 Å². The van der Waals surface area contributed by atoms with Crippen molar-refractivity contribution in [3.63, 3.8) is 0 Å². The van der Waals surface area contributed by atoms with Crippen LogP contribution in [0.4, 0.5) is 15.5 Å². The summed E-state index contributed by atoms with van der Waals surface area (Å²) in [5, 5.41) is 23.4. The number of likely N-dealkylation sites (tertiary alicyclic amines) is 1. The highest BCUT2D eigenvalue weighted by atomic mass is 32.1. The van der Waals surface area contributed by atoms with Crippen molar-refractivity contribution in [1.29, 1.82) is 5.26 Å². The summed E-state index contributed by atoms with van der Waals surface area (Å²) in [5.74, 6) is 0.398. The zero-order valence-electron chi connectivity index (χ0n) is 26.5. The van der Waals surface area contributed by atoms with Crippen molar-refractivity contribution in [2.24, 2.45) is 0 Å². The number of thiazole rings is 1. The third-order valence-corrected chi connectivity index (χ3v) is 9.81. The number of aryl methyl sites for hydroxylation is 1. The lowest BCUT2D eigenvalue weighted by Gasteiger charge is -2.35. The number of aromatic nitrogens is 5. The summed E-state index contributed by atoms with van der Waals surface area (Å²) in [5.41, 5.74) is 5.82. The first-order chi connectivity index (χ1) is 23.4. The van der Waals surface area contributed by atoms with E-state index >= 15 is 0 Å². The van der Waals surface area contributed by atoms with Crippen molar-refractivity contribution < 1.29 is 14.3 Å². The minimum Gasteiger partial charge on any atom is -0.391 e. The molecule has 2 N–H and O–H groups in total. The molecule has 4 aromatic heterocycles. The van der Waals surface area contributed by atoms with Crippen molar-refractivity contribution in [2.75, 3.05) is 56.0 Å². The zero-order valence-corrected chi connectivity index (χ0v) is 27.3. The quantitative estimate of drug-likeness (QED) is 0.239. The molecule has 2 aliphatic rings. The number of nitriles is 1. The number of carbonyl (C=O) groups is 1. The maximum atomic E-state index is 13.5. The van der Waals surface area contributed by atoms with E-state index in [2.05, 4.69) is 47.5 Å². The van der Waals surface area contributed by atoms with E-state index in [0.29, 0.717) is 59.8 Å². The fourth-order valence-electron chi connectivity index (χ4n) is 6.22. The van der Waals surface area contributed by atoms with Crippen LogP contribution in [0.15, 0.2) is 55.0 Å². The predicted molar refractivity (Wildman–Crippen MR) is 181 cm³/mol. The Morgan fingerprint density at radius 3 is 2.48 bits per heavy atom. The third-order valence-electron chi connectivity index (χ3n) is 8.89. The van der Waals surface area contributed by atoms with E-state index < -0.39 is 6.10 Å². The molecule has 0 aliphatic carbocycles. The van der Waals surface area contributed by atoms with Gasteiger partial charge in [0.05, 0.1) is 30.6 Å². The molecular weight excluding hydrogens is 632 g/mol. The molecule has 0 unspecified atom stereocenters. The summed E-state index contributed by atoms with van der Waals surface area (Å²) in [4.78, 5) is 37.9. The number of piperazine rings is 1. The largest absolute Gasteiger partial charge is 0.391 e. The number of aliphatic hydroxyl groups excluding tert-OH is 1. The number of pyridine rings is 1. The van der Waals surface area contributed by atoms with Crippen LogP contribution < -0.4 is 10.2 Å². The third kappa shape index (κ3) is 6.57. The molecule has 246 valence electrons. The van der Waals surface area contributed by atoms with Crippen molar-refractivity contribution in [2.45, 2.75) is 32.4 Å². The number of halogens is 1. The second-order valence-electron chi connectivity index (χ2n) is 12.0. The van der Waals surface area contributed by atoms with Crippen LogP contribution in [0, 0.1) is 17.1 Å². The molecule has 1 aromatic carbocycles. The van der Waals surface area contributed by atoms with Gasteiger partial charge in [0.2, 0.25) is 11.9 Å². The van der Waals surface area contributed by atoms with Crippen molar-refractivity contribution in [1.82, 2.24) is 34.1 Å². The summed E-state index contributed by atoms with van der Waals surface area (Å²) < 4.78 is 15.5. The molecule has 0 bridgehead atoms. The van der Waals surface area contributed by atoms with Gasteiger partial charge in [0, 0.05) is 74.5 Å². The molecule has 0 spiro atoms. The van der Waals surface area contributed by atoms with Gasteiger partial charge in [0.15, 0.2) is 5.13 Å². The molecule has 5 aromatic rings. The summed E-state index contributed by atoms with van der Waals surface area (Å²) in [6.07, 6.45) is 6.71. The minimum atomic E-state index is -0.404. The number of imidazole rings is 1. The molecule has 7 rings (SSSR count). The number of anilines is 2. The first kappa shape index (κ1) is 31.6. The van der Waals surface area contributed by atoms with Crippen molar-refractivity contribution in [3.8, 4) is 28.5 Å². The Hall–Kier alpha value is -4.97. The number of aliphatic hydroxyl groups is 1. The van der Waals surface area contributed by atoms with Crippen LogP contribution in [0.5, 0.6) is 0 Å². The number of fused-ring (bicyclic) bond motifs is 1. The maximum Gasteiger partial charge on any atom is 0.236 e. The number of β-amino-alcohol motifs (C(OH)–C–C–N with tert-alkyl or cyclic N) is 1. The number of nitrogens with zero attached hydrogens (tertiary/aromatic N) is 9. The molecule has 2 aliphatic heterocycles. The van der Waals surface area contributed by atoms with Crippen LogP contribution >= 0.6 is 11.3 Å². The fraction of sp³-hybridized carbons (Fsp3) is 0.353. The van der Waals surface area contributed by atoms with E-state index in [1.807, 2.05) is 30.7 Å². The van der Waals surface area contributed by atoms with Gasteiger partial charge in [-0.3, -0.25) is 9.69 Å². The second-order valence-corrected chi connectivity index (χ2v) is 13.0. The van der Waals surface area contributed by atoms with Crippen molar-refractivity contribution in [3.05, 3.63) is 77.1 Å². The normalized spacial score (nSPS) is 16.8. The number of benzene rings is 1. The van der Waals surface area contributed by atoms with Gasteiger partial charge in [-0.05, 0) is 49.2 Å². The summed E-state index contributed by atoms with van der Waals surface area (Å²) >= 11 is 1.26. The van der Waals surface area contributed by atoms with Gasteiger partial charge in [-0.15, -0.1) is 0 Å². The van der Waals surface area contributed by atoms with Gasteiger partial charge in [-0.1, -0.05) is 18.3 Å². The monoisotopic (exact) mass is 666 g/mol. The number of amides is 1. The predicted octanol–water partition coefficient (Wildman–Crippen LogP) is 3.82. The molecule has 2 saturated heterocycles. The van der Waals surface area contributed by atoms with Crippen LogP contribution in [-0.2, 0) is 17.8 Å². The molecule has 48 heavy (non-hydrogen) atoms. The molecule has 12 nitrogen and oxygen atoms in total. The van der Waals surface area contributed by atoms with Crippen LogP contribution in [-0.4, -0.2) is 97.1 Å². The van der Waals surface area contributed by atoms with Crippen LogP contribution in [0.3, 0.4) is 0 Å². The SMILES string of the molecule is CCc1nc2ccc(-c3cnc(N4CCN(CC(=O)N5CC[C@H](O)C5)CC4)nc3)cn2c1CNc1nc(-c2ccc(F)cc2)c(C#N)s1. The summed E-state index contributed by atoms with van der Waals surface area (Å²) in [6, 6.07) is 12.2. The van der Waals surface area contributed by atoms with Gasteiger partial charge in [-0.25, -0.2) is 24.3 Å². The van der Waals surface area contributed by atoms with Crippen molar-refractivity contribution >= 4 is 34.0 Å². The zero-order chi connectivity index (χ0) is 33.2. The summed E-state index contributed by atoms with van der Waals surface area (Å²) in [7, 11) is 0. The minimum absolute atomic E-state index is 0.0767. The average Bonchev–Trinajstić information content (AvgIpc) is 3.84. The van der Waals surface area contributed by atoms with E-state index in [4.69, 9.17) is 4.98 Å². The number of nitrogens with one attached hydrogen (secondary N) is 1. The first-order valence-electron chi connectivity index (χ1n) is 16.0. The van der Waals surface area contributed by atoms with Gasteiger partial charge in [-0.2, -0.15) is 5.26 Å². The topological polar surface area (TPSA) is 139 Å². The van der Waals surface area contributed by atoms with Gasteiger partial charge in [0.25, 0.3) is 0 Å². The molecule has 1 atom stereocenters. The Morgan fingerprint density at radius 1 is 1.04 bits per heavy atom. The Kier molecular flexibility index (Phi) is 8.98. The molecule has 6 heterocycles. The van der Waals surface area contributed by atoms with E-state index in [1.165, 1.54) is 23.5 Å². The molecular formula is C34H35FN10O2S.